The molecule has 8 aromatic rings. The van der Waals surface area contributed by atoms with Crippen molar-refractivity contribution in [2.45, 2.75) is 38.5 Å². The van der Waals surface area contributed by atoms with E-state index in [1.165, 1.54) is 89.1 Å². The van der Waals surface area contributed by atoms with Gasteiger partial charge in [-0.1, -0.05) is 125 Å². The van der Waals surface area contributed by atoms with Crippen LogP contribution in [0, 0.1) is 0 Å². The van der Waals surface area contributed by atoms with Gasteiger partial charge in [0.05, 0.1) is 22.4 Å². The van der Waals surface area contributed by atoms with Crippen molar-refractivity contribution in [2.75, 3.05) is 0 Å². The standard InChI is InChI=1S/C46H36N2/c1-45(2)37-25-23-29(27-35(37)43-41(45)33-19-11-13-21-39(33)47(43)31-15-7-5-8-16-31)30-24-26-38-36(28-30)44-42(46(38,3)4)34-20-12-14-22-40(34)48(44)32-17-9-6-10-18-32/h5-28H,1-4H3. The van der Waals surface area contributed by atoms with Crippen LogP contribution < -0.4 is 0 Å². The van der Waals surface area contributed by atoms with Crippen molar-refractivity contribution in [3.05, 3.63) is 168 Å². The van der Waals surface area contributed by atoms with Crippen LogP contribution in [-0.4, -0.2) is 9.13 Å². The van der Waals surface area contributed by atoms with Gasteiger partial charge in [0.25, 0.3) is 0 Å². The van der Waals surface area contributed by atoms with Crippen LogP contribution in [0.25, 0.3) is 66.8 Å². The molecular formula is C46H36N2. The number of benzene rings is 6. The predicted molar refractivity (Wildman–Crippen MR) is 201 cm³/mol. The summed E-state index contributed by atoms with van der Waals surface area (Å²) < 4.78 is 4.97. The minimum atomic E-state index is -0.115. The number of fused-ring (bicyclic) bond motifs is 10. The van der Waals surface area contributed by atoms with Gasteiger partial charge < -0.3 is 9.13 Å². The van der Waals surface area contributed by atoms with E-state index in [-0.39, 0.29) is 10.8 Å². The Morgan fingerprint density at radius 2 is 0.771 bits per heavy atom. The minimum Gasteiger partial charge on any atom is -0.309 e. The molecule has 0 N–H and O–H groups in total. The maximum atomic E-state index is 2.48. The molecule has 0 fully saturated rings. The van der Waals surface area contributed by atoms with Gasteiger partial charge in [-0.3, -0.25) is 0 Å². The van der Waals surface area contributed by atoms with Gasteiger partial charge in [0.2, 0.25) is 0 Å². The fourth-order valence-corrected chi connectivity index (χ4v) is 9.14. The van der Waals surface area contributed by atoms with Crippen LogP contribution in [0.4, 0.5) is 0 Å². The van der Waals surface area contributed by atoms with Gasteiger partial charge in [-0.25, -0.2) is 0 Å². The minimum absolute atomic E-state index is 0.115. The third-order valence-corrected chi connectivity index (χ3v) is 11.3. The van der Waals surface area contributed by atoms with Gasteiger partial charge in [-0.15, -0.1) is 0 Å². The van der Waals surface area contributed by atoms with Crippen molar-refractivity contribution in [3.8, 4) is 45.0 Å². The molecule has 2 heterocycles. The molecule has 0 aliphatic heterocycles. The third-order valence-electron chi connectivity index (χ3n) is 11.3. The lowest BCUT2D eigenvalue weighted by Crippen LogP contribution is -2.15. The Morgan fingerprint density at radius 3 is 1.19 bits per heavy atom. The molecule has 0 spiro atoms. The number of aromatic nitrogens is 2. The first-order chi connectivity index (χ1) is 23.4. The monoisotopic (exact) mass is 616 g/mol. The highest BCUT2D eigenvalue weighted by Crippen LogP contribution is 2.56. The summed E-state index contributed by atoms with van der Waals surface area (Å²) in [4.78, 5) is 0. The lowest BCUT2D eigenvalue weighted by molar-refractivity contribution is 0.666. The van der Waals surface area contributed by atoms with Gasteiger partial charge in [-0.05, 0) is 81.9 Å². The molecule has 0 saturated carbocycles. The highest BCUT2D eigenvalue weighted by molar-refractivity contribution is 6.02. The summed E-state index contributed by atoms with van der Waals surface area (Å²) >= 11 is 0. The Morgan fingerprint density at radius 1 is 0.396 bits per heavy atom. The first kappa shape index (κ1) is 27.5. The normalized spacial score (nSPS) is 15.0. The molecule has 6 aromatic carbocycles. The summed E-state index contributed by atoms with van der Waals surface area (Å²) in [5.74, 6) is 0. The van der Waals surface area contributed by atoms with E-state index in [2.05, 4.69) is 182 Å². The average Bonchev–Trinajstić information content (AvgIpc) is 3.79. The molecule has 0 radical (unpaired) electrons. The zero-order chi connectivity index (χ0) is 32.4. The fourth-order valence-electron chi connectivity index (χ4n) is 9.14. The van der Waals surface area contributed by atoms with Crippen molar-refractivity contribution < 1.29 is 0 Å². The predicted octanol–water partition coefficient (Wildman–Crippen LogP) is 11.9. The molecule has 10 rings (SSSR count). The second-order valence-corrected chi connectivity index (χ2v) is 14.6. The molecular weight excluding hydrogens is 581 g/mol. The van der Waals surface area contributed by atoms with E-state index >= 15 is 0 Å². The maximum absolute atomic E-state index is 2.48. The summed E-state index contributed by atoms with van der Waals surface area (Å²) in [7, 11) is 0. The Balaban J connectivity index is 1.21. The summed E-state index contributed by atoms with van der Waals surface area (Å²) in [6.07, 6.45) is 0. The number of hydrogen-bond acceptors (Lipinski definition) is 0. The molecule has 0 bridgehead atoms. The van der Waals surface area contributed by atoms with Gasteiger partial charge >= 0.3 is 0 Å². The first-order valence-corrected chi connectivity index (χ1v) is 17.0. The van der Waals surface area contributed by atoms with E-state index in [4.69, 9.17) is 0 Å². The van der Waals surface area contributed by atoms with E-state index in [1.54, 1.807) is 0 Å². The van der Waals surface area contributed by atoms with Crippen LogP contribution in [0.15, 0.2) is 146 Å². The van der Waals surface area contributed by atoms with Crippen LogP contribution in [-0.2, 0) is 10.8 Å². The molecule has 2 nitrogen and oxygen atoms in total. The van der Waals surface area contributed by atoms with Crippen molar-refractivity contribution in [3.63, 3.8) is 0 Å². The molecule has 48 heavy (non-hydrogen) atoms. The zero-order valence-electron chi connectivity index (χ0n) is 27.8. The van der Waals surface area contributed by atoms with E-state index < -0.39 is 0 Å². The van der Waals surface area contributed by atoms with E-state index in [0.717, 1.165) is 0 Å². The number of para-hydroxylation sites is 4. The summed E-state index contributed by atoms with van der Waals surface area (Å²) in [5, 5.41) is 2.67. The zero-order valence-corrected chi connectivity index (χ0v) is 27.8. The average molecular weight is 617 g/mol. The quantitative estimate of drug-likeness (QED) is 0.187. The van der Waals surface area contributed by atoms with Gasteiger partial charge in [-0.2, -0.15) is 0 Å². The van der Waals surface area contributed by atoms with Gasteiger partial charge in [0.15, 0.2) is 0 Å². The molecule has 2 aliphatic carbocycles. The number of hydrogen-bond donors (Lipinski definition) is 0. The smallest absolute Gasteiger partial charge is 0.0585 e. The largest absolute Gasteiger partial charge is 0.309 e. The molecule has 0 amide bonds. The van der Waals surface area contributed by atoms with E-state index in [9.17, 15) is 0 Å². The molecule has 2 aliphatic rings. The Hall–Kier alpha value is -5.60. The van der Waals surface area contributed by atoms with Crippen molar-refractivity contribution in [1.82, 2.24) is 9.13 Å². The second-order valence-electron chi connectivity index (χ2n) is 14.6. The van der Waals surface area contributed by atoms with Crippen LogP contribution in [0.1, 0.15) is 49.9 Å². The van der Waals surface area contributed by atoms with Crippen molar-refractivity contribution >= 4 is 21.8 Å². The summed E-state index contributed by atoms with van der Waals surface area (Å²) in [6.45, 7) is 9.56. The van der Waals surface area contributed by atoms with Gasteiger partial charge in [0, 0.05) is 44.1 Å². The maximum Gasteiger partial charge on any atom is 0.0585 e. The van der Waals surface area contributed by atoms with Gasteiger partial charge in [0.1, 0.15) is 0 Å². The van der Waals surface area contributed by atoms with E-state index in [1.807, 2.05) is 0 Å². The number of nitrogens with zero attached hydrogens (tertiary/aromatic N) is 2. The Kier molecular flexibility index (Phi) is 5.44. The number of rotatable bonds is 3. The summed E-state index contributed by atoms with van der Waals surface area (Å²) in [6, 6.07) is 53.9. The van der Waals surface area contributed by atoms with E-state index in [0.29, 0.717) is 0 Å². The Bertz CT molecular complexity index is 2410. The second kappa shape index (κ2) is 9.49. The third kappa shape index (κ3) is 3.47. The van der Waals surface area contributed by atoms with Crippen LogP contribution in [0.2, 0.25) is 0 Å². The first-order valence-electron chi connectivity index (χ1n) is 17.0. The molecule has 0 atom stereocenters. The van der Waals surface area contributed by atoms with Crippen molar-refractivity contribution in [2.24, 2.45) is 0 Å². The highest BCUT2D eigenvalue weighted by atomic mass is 15.0. The molecule has 0 saturated heterocycles. The SMILES string of the molecule is CC1(C)c2ccc(-c3ccc4c(c3)-c3c(c5ccccc5n3-c3ccccc3)C4(C)C)cc2-c2c1c1ccccc1n2-c1ccccc1. The molecule has 0 unspecified atom stereocenters. The highest BCUT2D eigenvalue weighted by Gasteiger charge is 2.42. The lowest BCUT2D eigenvalue weighted by Gasteiger charge is -2.22. The molecule has 2 heteroatoms. The topological polar surface area (TPSA) is 9.86 Å². The molecule has 2 aromatic heterocycles. The van der Waals surface area contributed by atoms with Crippen LogP contribution >= 0.6 is 0 Å². The summed E-state index contributed by atoms with van der Waals surface area (Å²) in [5.41, 5.74) is 18.1. The van der Waals surface area contributed by atoms with Crippen LogP contribution in [0.3, 0.4) is 0 Å². The lowest BCUT2D eigenvalue weighted by atomic mass is 9.80. The fraction of sp³-hybridized carbons (Fsp3) is 0.130. The molecule has 230 valence electrons. The van der Waals surface area contributed by atoms with Crippen molar-refractivity contribution in [1.29, 1.82) is 0 Å². The van der Waals surface area contributed by atoms with Crippen LogP contribution in [0.5, 0.6) is 0 Å². The Labute approximate surface area is 281 Å².